The van der Waals surface area contributed by atoms with Crippen molar-refractivity contribution in [3.8, 4) is 5.75 Å². The molecule has 0 aromatic heterocycles. The van der Waals surface area contributed by atoms with E-state index in [4.69, 9.17) is 9.47 Å². The summed E-state index contributed by atoms with van der Waals surface area (Å²) in [6.45, 7) is 4.70. The van der Waals surface area contributed by atoms with Gasteiger partial charge in [0.25, 0.3) is 0 Å². The van der Waals surface area contributed by atoms with Crippen LogP contribution in [0.15, 0.2) is 18.2 Å². The zero-order chi connectivity index (χ0) is 17.3. The molecule has 1 aromatic rings. The first-order chi connectivity index (χ1) is 11.5. The van der Waals surface area contributed by atoms with Gasteiger partial charge in [-0.1, -0.05) is 12.1 Å². The van der Waals surface area contributed by atoms with Gasteiger partial charge in [-0.3, -0.25) is 4.79 Å². The number of aliphatic hydroxyl groups excluding tert-OH is 2. The number of hydrogen-bond acceptors (Lipinski definition) is 5. The Morgan fingerprint density at radius 1 is 1.33 bits per heavy atom. The Morgan fingerprint density at radius 3 is 2.88 bits per heavy atom. The van der Waals surface area contributed by atoms with Crippen molar-refractivity contribution in [2.45, 2.75) is 51.0 Å². The molecule has 1 saturated heterocycles. The second-order valence-electron chi connectivity index (χ2n) is 6.59. The molecule has 0 aliphatic carbocycles. The van der Waals surface area contributed by atoms with Gasteiger partial charge in [-0.25, -0.2) is 0 Å². The molecule has 1 aromatic carbocycles. The number of nitrogens with zero attached hydrogens (tertiary/aromatic N) is 1. The molecule has 2 aliphatic rings. The van der Waals surface area contributed by atoms with Gasteiger partial charge in [0.1, 0.15) is 24.1 Å². The van der Waals surface area contributed by atoms with Crippen LogP contribution in [0.3, 0.4) is 0 Å². The lowest BCUT2D eigenvalue weighted by molar-refractivity contribution is -0.155. The van der Waals surface area contributed by atoms with E-state index >= 15 is 0 Å². The number of rotatable bonds is 4. The molecule has 0 saturated carbocycles. The van der Waals surface area contributed by atoms with Crippen LogP contribution in [-0.4, -0.2) is 65.1 Å². The van der Waals surface area contributed by atoms with E-state index < -0.39 is 18.2 Å². The summed E-state index contributed by atoms with van der Waals surface area (Å²) in [6.07, 6.45) is -0.638. The number of carbonyl (C=O) groups excluding carboxylic acids is 1. The molecule has 0 unspecified atom stereocenters. The molecule has 2 aliphatic heterocycles. The lowest BCUT2D eigenvalue weighted by atomic mass is 10.0. The van der Waals surface area contributed by atoms with E-state index in [-0.39, 0.29) is 31.6 Å². The van der Waals surface area contributed by atoms with Gasteiger partial charge in [-0.2, -0.15) is 0 Å². The first kappa shape index (κ1) is 17.2. The topological polar surface area (TPSA) is 79.2 Å². The van der Waals surface area contributed by atoms with Crippen molar-refractivity contribution < 1.29 is 24.5 Å². The number of benzene rings is 1. The van der Waals surface area contributed by atoms with Crippen LogP contribution in [-0.2, 0) is 22.4 Å². The van der Waals surface area contributed by atoms with Gasteiger partial charge in [-0.15, -0.1) is 0 Å². The van der Waals surface area contributed by atoms with Gasteiger partial charge in [0.05, 0.1) is 25.7 Å². The molecule has 1 fully saturated rings. The van der Waals surface area contributed by atoms with Gasteiger partial charge < -0.3 is 24.6 Å². The fourth-order valence-corrected chi connectivity index (χ4v) is 3.49. The van der Waals surface area contributed by atoms with E-state index in [9.17, 15) is 15.0 Å². The summed E-state index contributed by atoms with van der Waals surface area (Å²) < 4.78 is 11.0. The maximum atomic E-state index is 12.7. The Balaban J connectivity index is 1.70. The average molecular weight is 335 g/mol. The predicted octanol–water partition coefficient (Wildman–Crippen LogP) is 0.522. The van der Waals surface area contributed by atoms with Gasteiger partial charge in [-0.05, 0) is 31.0 Å². The molecule has 3 rings (SSSR count). The summed E-state index contributed by atoms with van der Waals surface area (Å²) in [7, 11) is 0. The van der Waals surface area contributed by atoms with Crippen LogP contribution in [0.4, 0.5) is 0 Å². The quantitative estimate of drug-likeness (QED) is 0.839. The Labute approximate surface area is 142 Å². The monoisotopic (exact) mass is 335 g/mol. The predicted molar refractivity (Wildman–Crippen MR) is 87.9 cm³/mol. The molecule has 4 atom stereocenters. The van der Waals surface area contributed by atoms with Crippen LogP contribution < -0.4 is 4.74 Å². The van der Waals surface area contributed by atoms with Crippen LogP contribution in [0, 0.1) is 0 Å². The van der Waals surface area contributed by atoms with Crippen molar-refractivity contribution in [1.29, 1.82) is 0 Å². The second kappa shape index (κ2) is 7.09. The Bertz CT molecular complexity index is 605. The third-order valence-corrected chi connectivity index (χ3v) is 4.74. The molecule has 1 amide bonds. The Kier molecular flexibility index (Phi) is 5.08. The van der Waals surface area contributed by atoms with E-state index in [2.05, 4.69) is 0 Å². The number of amides is 1. The highest BCUT2D eigenvalue weighted by atomic mass is 16.5. The Morgan fingerprint density at radius 2 is 2.12 bits per heavy atom. The van der Waals surface area contributed by atoms with E-state index in [0.717, 1.165) is 23.3 Å². The maximum absolute atomic E-state index is 12.7. The number of hydrogen-bond donors (Lipinski definition) is 2. The minimum Gasteiger partial charge on any atom is -0.490 e. The van der Waals surface area contributed by atoms with Crippen molar-refractivity contribution in [3.05, 3.63) is 29.3 Å². The maximum Gasteiger partial charge on any atom is 0.227 e. The number of carbonyl (C=O) groups is 1. The molecule has 24 heavy (non-hydrogen) atoms. The molecule has 0 radical (unpaired) electrons. The lowest BCUT2D eigenvalue weighted by Crippen LogP contribution is -2.57. The molecular formula is C18H25NO5. The minimum absolute atomic E-state index is 0.0776. The lowest BCUT2D eigenvalue weighted by Gasteiger charge is -2.39. The minimum atomic E-state index is -0.975. The third-order valence-electron chi connectivity index (χ3n) is 4.74. The first-order valence-electron chi connectivity index (χ1n) is 8.51. The summed E-state index contributed by atoms with van der Waals surface area (Å²) in [4.78, 5) is 14.3. The largest absolute Gasteiger partial charge is 0.490 e. The molecule has 2 N–H and O–H groups in total. The number of ether oxygens (including phenoxy) is 2. The standard InChI is InChI=1S/C18H25NO5/c1-3-19(14-9-23-10-15(20)18(14)22)17(21)8-12-4-5-16-13(7-12)6-11(2)24-16/h4-5,7,11,14-15,18,20,22H,3,6,8-10H2,1-2H3/t11-,14-,15-,18+/m1/s1. The highest BCUT2D eigenvalue weighted by Gasteiger charge is 2.36. The zero-order valence-corrected chi connectivity index (χ0v) is 14.1. The van der Waals surface area contributed by atoms with E-state index in [0.29, 0.717) is 6.54 Å². The number of likely N-dealkylation sites (N-methyl/N-ethyl adjacent to an activating group) is 1. The van der Waals surface area contributed by atoms with Crippen LogP contribution in [0.25, 0.3) is 0 Å². The third kappa shape index (κ3) is 3.41. The van der Waals surface area contributed by atoms with E-state index in [1.807, 2.05) is 32.0 Å². The highest BCUT2D eigenvalue weighted by molar-refractivity contribution is 5.79. The number of aliphatic hydroxyl groups is 2. The summed E-state index contributed by atoms with van der Waals surface area (Å²) in [5.74, 6) is 0.816. The average Bonchev–Trinajstić information content (AvgIpc) is 2.91. The first-order valence-corrected chi connectivity index (χ1v) is 8.51. The molecule has 6 heteroatoms. The van der Waals surface area contributed by atoms with Crippen LogP contribution in [0.1, 0.15) is 25.0 Å². The molecule has 6 nitrogen and oxygen atoms in total. The summed E-state index contributed by atoms with van der Waals surface area (Å²) in [6, 6.07) is 5.34. The van der Waals surface area contributed by atoms with Crippen molar-refractivity contribution in [1.82, 2.24) is 4.90 Å². The molecule has 132 valence electrons. The fraction of sp³-hybridized carbons (Fsp3) is 0.611. The summed E-state index contributed by atoms with van der Waals surface area (Å²) >= 11 is 0. The van der Waals surface area contributed by atoms with Crippen molar-refractivity contribution in [2.75, 3.05) is 19.8 Å². The number of fused-ring (bicyclic) bond motifs is 1. The normalized spacial score (nSPS) is 29.0. The highest BCUT2D eigenvalue weighted by Crippen LogP contribution is 2.29. The molecular weight excluding hydrogens is 310 g/mol. The SMILES string of the molecule is CCN(C(=O)Cc1ccc2c(c1)C[C@@H](C)O2)[C@@H]1COC[C@@H](O)[C@H]1O. The second-order valence-corrected chi connectivity index (χ2v) is 6.59. The van der Waals surface area contributed by atoms with Gasteiger partial charge in [0, 0.05) is 13.0 Å². The zero-order valence-electron chi connectivity index (χ0n) is 14.1. The Hall–Kier alpha value is -1.63. The van der Waals surface area contributed by atoms with E-state index in [1.165, 1.54) is 0 Å². The van der Waals surface area contributed by atoms with Crippen LogP contribution >= 0.6 is 0 Å². The summed E-state index contributed by atoms with van der Waals surface area (Å²) in [5.41, 5.74) is 2.06. The summed E-state index contributed by atoms with van der Waals surface area (Å²) in [5, 5.41) is 19.9. The molecule has 2 heterocycles. The molecule has 0 bridgehead atoms. The van der Waals surface area contributed by atoms with E-state index in [1.54, 1.807) is 4.90 Å². The fourth-order valence-electron chi connectivity index (χ4n) is 3.49. The van der Waals surface area contributed by atoms with Crippen molar-refractivity contribution >= 4 is 5.91 Å². The smallest absolute Gasteiger partial charge is 0.227 e. The van der Waals surface area contributed by atoms with Gasteiger partial charge in [0.2, 0.25) is 5.91 Å². The van der Waals surface area contributed by atoms with Gasteiger partial charge >= 0.3 is 0 Å². The van der Waals surface area contributed by atoms with Crippen molar-refractivity contribution in [3.63, 3.8) is 0 Å². The van der Waals surface area contributed by atoms with Crippen LogP contribution in [0.5, 0.6) is 5.75 Å². The van der Waals surface area contributed by atoms with Gasteiger partial charge in [0.15, 0.2) is 0 Å². The molecule has 0 spiro atoms. The van der Waals surface area contributed by atoms with Crippen LogP contribution in [0.2, 0.25) is 0 Å². The van der Waals surface area contributed by atoms with Crippen molar-refractivity contribution in [2.24, 2.45) is 0 Å².